The average Bonchev–Trinajstić information content (AvgIpc) is 3.23. The predicted molar refractivity (Wildman–Crippen MR) is 121 cm³/mol. The van der Waals surface area contributed by atoms with Crippen LogP contribution in [0.5, 0.6) is 5.75 Å². The molecule has 150 valence electrons. The summed E-state index contributed by atoms with van der Waals surface area (Å²) in [7, 11) is 1.69. The van der Waals surface area contributed by atoms with Gasteiger partial charge in [0, 0.05) is 24.1 Å². The lowest BCUT2D eigenvalue weighted by Crippen LogP contribution is -2.30. The van der Waals surface area contributed by atoms with Crippen molar-refractivity contribution in [2.75, 3.05) is 12.0 Å². The van der Waals surface area contributed by atoms with Crippen LogP contribution in [0.15, 0.2) is 54.7 Å². The van der Waals surface area contributed by atoms with Crippen LogP contribution in [0.2, 0.25) is 0 Å². The summed E-state index contributed by atoms with van der Waals surface area (Å²) >= 11 is 5.82. The molecule has 29 heavy (non-hydrogen) atoms. The molecule has 0 saturated carbocycles. The molecule has 5 nitrogen and oxygen atoms in total. The zero-order valence-corrected chi connectivity index (χ0v) is 18.0. The third-order valence-corrected chi connectivity index (χ3v) is 6.01. The van der Waals surface area contributed by atoms with Gasteiger partial charge >= 0.3 is 0 Å². The number of aromatic nitrogens is 2. The van der Waals surface area contributed by atoms with E-state index in [4.69, 9.17) is 17.0 Å². The molecule has 2 aromatic heterocycles. The third-order valence-electron chi connectivity index (χ3n) is 5.69. The summed E-state index contributed by atoms with van der Waals surface area (Å²) in [4.78, 5) is 6.81. The van der Waals surface area contributed by atoms with Crippen LogP contribution in [-0.4, -0.2) is 21.8 Å². The van der Waals surface area contributed by atoms with E-state index in [1.807, 2.05) is 36.5 Å². The van der Waals surface area contributed by atoms with E-state index in [2.05, 4.69) is 58.7 Å². The SMILES string of the molecule is CCn1c(C)cc([C@H]2[C@H](c3ccccn3)NC(=S)N2c2ccccc2OC)c1C. The lowest BCUT2D eigenvalue weighted by molar-refractivity contribution is 0.414. The van der Waals surface area contributed by atoms with Crippen LogP contribution in [0.4, 0.5) is 5.69 Å². The number of thiocarbonyl (C=S) groups is 1. The molecule has 0 unspecified atom stereocenters. The fourth-order valence-electron chi connectivity index (χ4n) is 4.37. The second kappa shape index (κ2) is 7.87. The highest BCUT2D eigenvalue weighted by Gasteiger charge is 2.43. The summed E-state index contributed by atoms with van der Waals surface area (Å²) in [6.07, 6.45) is 1.83. The van der Waals surface area contributed by atoms with Crippen LogP contribution >= 0.6 is 12.2 Å². The predicted octanol–water partition coefficient (Wildman–Crippen LogP) is 4.71. The molecule has 4 rings (SSSR count). The van der Waals surface area contributed by atoms with Gasteiger partial charge in [-0.05, 0) is 68.9 Å². The highest BCUT2D eigenvalue weighted by molar-refractivity contribution is 7.80. The average molecular weight is 407 g/mol. The van der Waals surface area contributed by atoms with Crippen molar-refractivity contribution in [3.63, 3.8) is 0 Å². The summed E-state index contributed by atoms with van der Waals surface area (Å²) in [6, 6.07) is 16.2. The van der Waals surface area contributed by atoms with Gasteiger partial charge in [-0.25, -0.2) is 0 Å². The van der Waals surface area contributed by atoms with Crippen molar-refractivity contribution >= 4 is 23.0 Å². The summed E-state index contributed by atoms with van der Waals surface area (Å²) in [5.41, 5.74) is 5.67. The second-order valence-corrected chi connectivity index (χ2v) is 7.63. The van der Waals surface area contributed by atoms with E-state index in [9.17, 15) is 0 Å². The highest BCUT2D eigenvalue weighted by atomic mass is 32.1. The van der Waals surface area contributed by atoms with Gasteiger partial charge in [-0.3, -0.25) is 4.98 Å². The van der Waals surface area contributed by atoms with Gasteiger partial charge in [-0.2, -0.15) is 0 Å². The Morgan fingerprint density at radius 3 is 2.55 bits per heavy atom. The molecule has 0 radical (unpaired) electrons. The van der Waals surface area contributed by atoms with Crippen molar-refractivity contribution in [1.82, 2.24) is 14.9 Å². The van der Waals surface area contributed by atoms with Gasteiger partial charge in [-0.15, -0.1) is 0 Å². The van der Waals surface area contributed by atoms with Crippen LogP contribution in [0.3, 0.4) is 0 Å². The van der Waals surface area contributed by atoms with E-state index in [1.165, 1.54) is 17.0 Å². The van der Waals surface area contributed by atoms with Crippen molar-refractivity contribution in [3.8, 4) is 5.75 Å². The molecule has 0 bridgehead atoms. The number of anilines is 1. The first-order valence-corrected chi connectivity index (χ1v) is 10.3. The Labute approximate surface area is 177 Å². The molecule has 1 aromatic carbocycles. The van der Waals surface area contributed by atoms with Crippen LogP contribution < -0.4 is 15.0 Å². The Hall–Kier alpha value is -2.86. The van der Waals surface area contributed by atoms with Gasteiger partial charge in [0.25, 0.3) is 0 Å². The smallest absolute Gasteiger partial charge is 0.174 e. The molecular formula is C23H26N4OS. The lowest BCUT2D eigenvalue weighted by Gasteiger charge is -2.29. The fourth-order valence-corrected chi connectivity index (χ4v) is 4.71. The number of nitrogens with zero attached hydrogens (tertiary/aromatic N) is 3. The minimum atomic E-state index is -0.0561. The van der Waals surface area contributed by atoms with E-state index < -0.39 is 0 Å². The number of hydrogen-bond acceptors (Lipinski definition) is 3. The van der Waals surface area contributed by atoms with E-state index in [0.717, 1.165) is 23.7 Å². The maximum absolute atomic E-state index is 5.82. The molecule has 0 spiro atoms. The normalized spacial score (nSPS) is 18.8. The molecule has 1 aliphatic rings. The van der Waals surface area contributed by atoms with Crippen LogP contribution in [0, 0.1) is 13.8 Å². The van der Waals surface area contributed by atoms with Gasteiger partial charge in [-0.1, -0.05) is 18.2 Å². The molecule has 6 heteroatoms. The van der Waals surface area contributed by atoms with E-state index in [0.29, 0.717) is 5.11 Å². The van der Waals surface area contributed by atoms with E-state index >= 15 is 0 Å². The van der Waals surface area contributed by atoms with Gasteiger partial charge in [0.2, 0.25) is 0 Å². The van der Waals surface area contributed by atoms with Gasteiger partial charge < -0.3 is 19.5 Å². The Bertz CT molecular complexity index is 1030. The number of methoxy groups -OCH3 is 1. The van der Waals surface area contributed by atoms with Crippen LogP contribution in [-0.2, 0) is 6.54 Å². The molecule has 2 atom stereocenters. The second-order valence-electron chi connectivity index (χ2n) is 7.24. The van der Waals surface area contributed by atoms with E-state index in [1.54, 1.807) is 7.11 Å². The monoisotopic (exact) mass is 406 g/mol. The Balaban J connectivity index is 1.91. The number of benzene rings is 1. The molecule has 1 N–H and O–H groups in total. The highest BCUT2D eigenvalue weighted by Crippen LogP contribution is 2.45. The number of hydrogen-bond donors (Lipinski definition) is 1. The quantitative estimate of drug-likeness (QED) is 0.622. The lowest BCUT2D eigenvalue weighted by atomic mass is 9.96. The summed E-state index contributed by atoms with van der Waals surface area (Å²) in [5, 5.41) is 4.20. The molecule has 1 saturated heterocycles. The molecular weight excluding hydrogens is 380 g/mol. The summed E-state index contributed by atoms with van der Waals surface area (Å²) in [5.74, 6) is 0.799. The standard InChI is InChI=1S/C23H26N4OS/c1-5-26-15(2)14-17(16(26)3)22-21(18-10-8-9-13-24-18)25-23(29)27(22)19-11-6-7-12-20(19)28-4/h6-14,21-22H,5H2,1-4H3,(H,25,29)/t21-,22-/m0/s1. The number of rotatable bonds is 5. The number of aryl methyl sites for hydroxylation is 1. The fraction of sp³-hybridized carbons (Fsp3) is 0.304. The van der Waals surface area contributed by atoms with E-state index in [-0.39, 0.29) is 12.1 Å². The Kier molecular flexibility index (Phi) is 5.28. The van der Waals surface area contributed by atoms with Crippen molar-refractivity contribution in [2.45, 2.75) is 39.4 Å². The first kappa shape index (κ1) is 19.5. The largest absolute Gasteiger partial charge is 0.495 e. The Morgan fingerprint density at radius 1 is 1.14 bits per heavy atom. The minimum absolute atomic E-state index is 0.0276. The molecule has 3 aromatic rings. The van der Waals surface area contributed by atoms with Crippen molar-refractivity contribution in [2.24, 2.45) is 0 Å². The van der Waals surface area contributed by atoms with Crippen LogP contribution in [0.25, 0.3) is 0 Å². The number of nitrogens with one attached hydrogen (secondary N) is 1. The number of pyridine rings is 1. The zero-order valence-electron chi connectivity index (χ0n) is 17.2. The molecule has 1 aliphatic heterocycles. The zero-order chi connectivity index (χ0) is 20.5. The third kappa shape index (κ3) is 3.27. The summed E-state index contributed by atoms with van der Waals surface area (Å²) in [6.45, 7) is 7.45. The molecule has 3 heterocycles. The Morgan fingerprint density at radius 2 is 1.90 bits per heavy atom. The van der Waals surface area contributed by atoms with Crippen molar-refractivity contribution in [1.29, 1.82) is 0 Å². The van der Waals surface area contributed by atoms with Gasteiger partial charge in [0.05, 0.1) is 30.6 Å². The minimum Gasteiger partial charge on any atom is -0.495 e. The molecule has 0 aliphatic carbocycles. The molecule has 0 amide bonds. The summed E-state index contributed by atoms with van der Waals surface area (Å²) < 4.78 is 8.00. The van der Waals surface area contributed by atoms with Gasteiger partial charge in [0.15, 0.2) is 5.11 Å². The first-order valence-electron chi connectivity index (χ1n) is 9.87. The maximum Gasteiger partial charge on any atom is 0.174 e. The number of para-hydroxylation sites is 2. The first-order chi connectivity index (χ1) is 14.1. The van der Waals surface area contributed by atoms with Crippen LogP contribution in [0.1, 0.15) is 41.7 Å². The number of ether oxygens (including phenoxy) is 1. The van der Waals surface area contributed by atoms with Crippen molar-refractivity contribution in [3.05, 3.63) is 77.4 Å². The maximum atomic E-state index is 5.82. The van der Waals surface area contributed by atoms with Crippen molar-refractivity contribution < 1.29 is 4.74 Å². The topological polar surface area (TPSA) is 42.3 Å². The van der Waals surface area contributed by atoms with Gasteiger partial charge in [0.1, 0.15) is 5.75 Å². The molecule has 1 fully saturated rings.